The smallest absolute Gasteiger partial charge is 0.254 e. The van der Waals surface area contributed by atoms with Crippen molar-refractivity contribution in [1.29, 1.82) is 0 Å². The third-order valence-corrected chi connectivity index (χ3v) is 3.68. The molecule has 1 N–H and O–H groups in total. The van der Waals surface area contributed by atoms with Crippen LogP contribution >= 0.6 is 0 Å². The highest BCUT2D eigenvalue weighted by Gasteiger charge is 2.20. The zero-order chi connectivity index (χ0) is 13.8. The van der Waals surface area contributed by atoms with Crippen molar-refractivity contribution in [3.63, 3.8) is 0 Å². The molecule has 4 heteroatoms. The minimum atomic E-state index is -0.363. The third-order valence-electron chi connectivity index (χ3n) is 3.68. The topological polar surface area (TPSA) is 32.3 Å². The van der Waals surface area contributed by atoms with Crippen molar-refractivity contribution in [2.45, 2.75) is 32.2 Å². The minimum absolute atomic E-state index is 0.107. The number of amides is 1. The molecule has 1 heterocycles. The fourth-order valence-electron chi connectivity index (χ4n) is 2.52. The number of benzene rings is 1. The highest BCUT2D eigenvalue weighted by molar-refractivity contribution is 5.95. The number of likely N-dealkylation sites (N-methyl/N-ethyl adjacent to an activating group) is 1. The van der Waals surface area contributed by atoms with Crippen molar-refractivity contribution in [2.75, 3.05) is 20.1 Å². The van der Waals surface area contributed by atoms with Gasteiger partial charge in [-0.3, -0.25) is 4.79 Å². The molecule has 19 heavy (non-hydrogen) atoms. The quantitative estimate of drug-likeness (QED) is 0.909. The average Bonchev–Trinajstić information content (AvgIpc) is 2.42. The normalized spacial score (nSPS) is 19.2. The van der Waals surface area contributed by atoms with Crippen LogP contribution in [0.1, 0.15) is 35.2 Å². The first kappa shape index (κ1) is 14.0. The van der Waals surface area contributed by atoms with E-state index in [-0.39, 0.29) is 11.7 Å². The first-order chi connectivity index (χ1) is 9.08. The molecule has 0 aromatic heterocycles. The molecule has 104 valence electrons. The summed E-state index contributed by atoms with van der Waals surface area (Å²) in [5, 5.41) is 3.41. The number of hydrogen-bond acceptors (Lipinski definition) is 2. The Morgan fingerprint density at radius 1 is 1.47 bits per heavy atom. The molecule has 1 amide bonds. The molecule has 0 bridgehead atoms. The molecular formula is C15H21FN2O. The minimum Gasteiger partial charge on any atom is -0.340 e. The molecule has 1 fully saturated rings. The van der Waals surface area contributed by atoms with Crippen molar-refractivity contribution in [3.8, 4) is 0 Å². The lowest BCUT2D eigenvalue weighted by atomic mass is 10.0. The van der Waals surface area contributed by atoms with Gasteiger partial charge in [0.1, 0.15) is 5.82 Å². The Balaban J connectivity index is 2.03. The van der Waals surface area contributed by atoms with E-state index in [9.17, 15) is 9.18 Å². The monoisotopic (exact) mass is 264 g/mol. The number of rotatable bonds is 3. The highest BCUT2D eigenvalue weighted by Crippen LogP contribution is 2.14. The summed E-state index contributed by atoms with van der Waals surface area (Å²) in [7, 11) is 1.78. The van der Waals surface area contributed by atoms with E-state index in [1.807, 2.05) is 6.92 Å². The summed E-state index contributed by atoms with van der Waals surface area (Å²) in [4.78, 5) is 14.0. The Morgan fingerprint density at radius 2 is 2.26 bits per heavy atom. The summed E-state index contributed by atoms with van der Waals surface area (Å²) >= 11 is 0. The third kappa shape index (κ3) is 3.53. The maximum atomic E-state index is 13.2. The van der Waals surface area contributed by atoms with Crippen LogP contribution in [0.25, 0.3) is 0 Å². The molecule has 1 atom stereocenters. The Labute approximate surface area is 113 Å². The van der Waals surface area contributed by atoms with Gasteiger partial charge in [0.2, 0.25) is 0 Å². The van der Waals surface area contributed by atoms with E-state index in [1.54, 1.807) is 18.0 Å². The lowest BCUT2D eigenvalue weighted by molar-refractivity contribution is 0.0774. The summed E-state index contributed by atoms with van der Waals surface area (Å²) in [5.41, 5.74) is 1.27. The van der Waals surface area contributed by atoms with Gasteiger partial charge >= 0.3 is 0 Å². The molecular weight excluding hydrogens is 243 g/mol. The number of carbonyl (C=O) groups excluding carboxylic acids is 1. The average molecular weight is 264 g/mol. The van der Waals surface area contributed by atoms with Crippen LogP contribution in [0.4, 0.5) is 4.39 Å². The molecule has 0 saturated carbocycles. The summed E-state index contributed by atoms with van der Waals surface area (Å²) in [6, 6.07) is 4.71. The van der Waals surface area contributed by atoms with Gasteiger partial charge in [-0.25, -0.2) is 4.39 Å². The molecule has 3 nitrogen and oxygen atoms in total. The summed E-state index contributed by atoms with van der Waals surface area (Å²) in [6.45, 7) is 3.53. The number of hydrogen-bond donors (Lipinski definition) is 1. The Bertz CT molecular complexity index is 455. The molecule has 1 unspecified atom stereocenters. The fourth-order valence-corrected chi connectivity index (χ4v) is 2.52. The van der Waals surface area contributed by atoms with Crippen LogP contribution < -0.4 is 5.32 Å². The van der Waals surface area contributed by atoms with Crippen LogP contribution in [0.15, 0.2) is 18.2 Å². The SMILES string of the molecule is Cc1ccc(F)cc1C(=O)N(C)CC1CCCCN1. The number of piperidine rings is 1. The van der Waals surface area contributed by atoms with Gasteiger partial charge in [0.05, 0.1) is 0 Å². The lowest BCUT2D eigenvalue weighted by Gasteiger charge is -2.28. The predicted molar refractivity (Wildman–Crippen MR) is 73.7 cm³/mol. The number of carbonyl (C=O) groups is 1. The van der Waals surface area contributed by atoms with E-state index in [4.69, 9.17) is 0 Å². The van der Waals surface area contributed by atoms with Gasteiger partial charge in [-0.2, -0.15) is 0 Å². The van der Waals surface area contributed by atoms with E-state index in [0.29, 0.717) is 18.2 Å². The van der Waals surface area contributed by atoms with E-state index >= 15 is 0 Å². The summed E-state index contributed by atoms with van der Waals surface area (Å²) in [6.07, 6.45) is 3.51. The van der Waals surface area contributed by atoms with Crippen molar-refractivity contribution < 1.29 is 9.18 Å². The van der Waals surface area contributed by atoms with E-state index in [1.165, 1.54) is 25.0 Å². The summed E-state index contributed by atoms with van der Waals surface area (Å²) < 4.78 is 13.2. The second-order valence-electron chi connectivity index (χ2n) is 5.29. The van der Waals surface area contributed by atoms with Crippen molar-refractivity contribution in [3.05, 3.63) is 35.1 Å². The second-order valence-corrected chi connectivity index (χ2v) is 5.29. The molecule has 1 aliphatic heterocycles. The van der Waals surface area contributed by atoms with Gasteiger partial charge in [-0.1, -0.05) is 12.5 Å². The van der Waals surface area contributed by atoms with Crippen LogP contribution in [0.3, 0.4) is 0 Å². The van der Waals surface area contributed by atoms with Gasteiger partial charge < -0.3 is 10.2 Å². The lowest BCUT2D eigenvalue weighted by Crippen LogP contribution is -2.44. The van der Waals surface area contributed by atoms with Crippen molar-refractivity contribution in [2.24, 2.45) is 0 Å². The standard InChI is InChI=1S/C15H21FN2O/c1-11-6-7-12(16)9-14(11)15(19)18(2)10-13-5-3-4-8-17-13/h6-7,9,13,17H,3-5,8,10H2,1-2H3. The van der Waals surface area contributed by atoms with E-state index < -0.39 is 0 Å². The predicted octanol–water partition coefficient (Wildman–Crippen LogP) is 2.35. The Morgan fingerprint density at radius 3 is 2.95 bits per heavy atom. The Hall–Kier alpha value is -1.42. The van der Waals surface area contributed by atoms with Crippen LogP contribution in [0.2, 0.25) is 0 Å². The fraction of sp³-hybridized carbons (Fsp3) is 0.533. The molecule has 1 saturated heterocycles. The maximum absolute atomic E-state index is 13.2. The first-order valence-electron chi connectivity index (χ1n) is 6.83. The molecule has 1 aromatic rings. The summed E-state index contributed by atoms with van der Waals surface area (Å²) in [5.74, 6) is -0.470. The zero-order valence-corrected chi connectivity index (χ0v) is 11.6. The van der Waals surface area contributed by atoms with Crippen LogP contribution in [-0.4, -0.2) is 37.0 Å². The molecule has 1 aliphatic rings. The zero-order valence-electron chi connectivity index (χ0n) is 11.6. The van der Waals surface area contributed by atoms with E-state index in [0.717, 1.165) is 18.5 Å². The van der Waals surface area contributed by atoms with Gasteiger partial charge in [-0.05, 0) is 44.0 Å². The van der Waals surface area contributed by atoms with Crippen LogP contribution in [-0.2, 0) is 0 Å². The number of halogens is 1. The van der Waals surface area contributed by atoms with Gasteiger partial charge in [0.25, 0.3) is 5.91 Å². The number of nitrogens with zero attached hydrogens (tertiary/aromatic N) is 1. The van der Waals surface area contributed by atoms with Gasteiger partial charge in [-0.15, -0.1) is 0 Å². The molecule has 0 spiro atoms. The van der Waals surface area contributed by atoms with Crippen molar-refractivity contribution >= 4 is 5.91 Å². The number of nitrogens with one attached hydrogen (secondary N) is 1. The van der Waals surface area contributed by atoms with Gasteiger partial charge in [0, 0.05) is 25.2 Å². The van der Waals surface area contributed by atoms with Crippen LogP contribution in [0.5, 0.6) is 0 Å². The molecule has 1 aromatic carbocycles. The largest absolute Gasteiger partial charge is 0.340 e. The number of aryl methyl sites for hydroxylation is 1. The van der Waals surface area contributed by atoms with E-state index in [2.05, 4.69) is 5.32 Å². The van der Waals surface area contributed by atoms with Gasteiger partial charge in [0.15, 0.2) is 0 Å². The molecule has 0 radical (unpaired) electrons. The van der Waals surface area contributed by atoms with Crippen molar-refractivity contribution in [1.82, 2.24) is 10.2 Å². The maximum Gasteiger partial charge on any atom is 0.254 e. The highest BCUT2D eigenvalue weighted by atomic mass is 19.1. The molecule has 0 aliphatic carbocycles. The molecule has 2 rings (SSSR count). The Kier molecular flexibility index (Phi) is 4.53. The first-order valence-corrected chi connectivity index (χ1v) is 6.83. The van der Waals surface area contributed by atoms with Crippen LogP contribution in [0, 0.1) is 12.7 Å². The second kappa shape index (κ2) is 6.15.